The zero-order valence-corrected chi connectivity index (χ0v) is 17.7. The van der Waals surface area contributed by atoms with Gasteiger partial charge in [-0.15, -0.1) is 0 Å². The van der Waals surface area contributed by atoms with E-state index in [1.54, 1.807) is 4.68 Å². The number of rotatable bonds is 3. The molecule has 3 atom stereocenters. The molecule has 0 spiro atoms. The third kappa shape index (κ3) is 4.48. The fourth-order valence-corrected chi connectivity index (χ4v) is 4.18. The highest BCUT2D eigenvalue weighted by Gasteiger charge is 2.39. The van der Waals surface area contributed by atoms with Crippen molar-refractivity contribution in [3.05, 3.63) is 36.4 Å². The number of hydrogen-bond acceptors (Lipinski definition) is 4. The minimum absolute atomic E-state index is 0.000227. The van der Waals surface area contributed by atoms with Crippen molar-refractivity contribution in [3.63, 3.8) is 0 Å². The Morgan fingerprint density at radius 3 is 2.63 bits per heavy atom. The standard InChI is InChI=1S/C22H30N6O2/c1-22(2,3)26-21(30)24-18-13-17(14-9-5-4-6-10-14)27-28(18)20-23-16-12-8-7-11-15(16)19(29)25-20/h4-6,9-10,13,15-16,20,23H,7-8,11-12H2,1-3H3,(H,25,29)(H2,24,26,30). The van der Waals surface area contributed by atoms with Crippen LogP contribution >= 0.6 is 0 Å². The maximum atomic E-state index is 12.7. The average Bonchev–Trinajstić information content (AvgIpc) is 3.11. The first-order valence-electron chi connectivity index (χ1n) is 10.6. The zero-order valence-electron chi connectivity index (χ0n) is 17.7. The molecule has 1 aliphatic heterocycles. The fourth-order valence-electron chi connectivity index (χ4n) is 4.18. The number of anilines is 1. The highest BCUT2D eigenvalue weighted by atomic mass is 16.2. The molecule has 4 rings (SSSR count). The van der Waals surface area contributed by atoms with E-state index >= 15 is 0 Å². The number of nitrogens with one attached hydrogen (secondary N) is 4. The van der Waals surface area contributed by atoms with Crippen molar-refractivity contribution < 1.29 is 9.59 Å². The lowest BCUT2D eigenvalue weighted by molar-refractivity contribution is -0.132. The Hall–Kier alpha value is -2.87. The molecule has 2 aliphatic rings. The first kappa shape index (κ1) is 20.4. The van der Waals surface area contributed by atoms with Gasteiger partial charge < -0.3 is 10.6 Å². The van der Waals surface area contributed by atoms with Crippen LogP contribution in [0.3, 0.4) is 0 Å². The van der Waals surface area contributed by atoms with E-state index in [4.69, 9.17) is 5.10 Å². The SMILES string of the molecule is CC(C)(C)NC(=O)Nc1cc(-c2ccccc2)nn1C1NC(=O)C2CCCCC2N1. The van der Waals surface area contributed by atoms with E-state index in [0.717, 1.165) is 36.9 Å². The second-order valence-electron chi connectivity index (χ2n) is 9.13. The molecule has 30 heavy (non-hydrogen) atoms. The van der Waals surface area contributed by atoms with Crippen LogP contribution in [0.1, 0.15) is 52.7 Å². The van der Waals surface area contributed by atoms with E-state index in [2.05, 4.69) is 21.3 Å². The summed E-state index contributed by atoms with van der Waals surface area (Å²) >= 11 is 0. The van der Waals surface area contributed by atoms with Gasteiger partial charge >= 0.3 is 6.03 Å². The minimum Gasteiger partial charge on any atom is -0.333 e. The first-order chi connectivity index (χ1) is 14.3. The van der Waals surface area contributed by atoms with Crippen LogP contribution in [-0.4, -0.2) is 33.3 Å². The van der Waals surface area contributed by atoms with Gasteiger partial charge in [-0.25, -0.2) is 9.48 Å². The Balaban J connectivity index is 1.64. The van der Waals surface area contributed by atoms with Crippen LogP contribution < -0.4 is 21.3 Å². The molecule has 1 saturated carbocycles. The van der Waals surface area contributed by atoms with E-state index in [-0.39, 0.29) is 29.4 Å². The third-order valence-corrected chi connectivity index (χ3v) is 5.53. The van der Waals surface area contributed by atoms with Gasteiger partial charge in [0.15, 0.2) is 6.29 Å². The Morgan fingerprint density at radius 2 is 1.90 bits per heavy atom. The maximum Gasteiger partial charge on any atom is 0.320 e. The largest absolute Gasteiger partial charge is 0.333 e. The Kier molecular flexibility index (Phi) is 5.51. The number of amides is 3. The van der Waals surface area contributed by atoms with Crippen LogP contribution in [0.5, 0.6) is 0 Å². The zero-order chi connectivity index (χ0) is 21.3. The predicted molar refractivity (Wildman–Crippen MR) is 116 cm³/mol. The van der Waals surface area contributed by atoms with Crippen molar-refractivity contribution in [3.8, 4) is 11.3 Å². The number of aromatic nitrogens is 2. The fraction of sp³-hybridized carbons (Fsp3) is 0.500. The molecule has 2 fully saturated rings. The number of benzene rings is 1. The number of nitrogens with zero attached hydrogens (tertiary/aromatic N) is 2. The van der Waals surface area contributed by atoms with Crippen LogP contribution in [-0.2, 0) is 4.79 Å². The van der Waals surface area contributed by atoms with Crippen molar-refractivity contribution in [2.24, 2.45) is 5.92 Å². The molecule has 0 bridgehead atoms. The number of fused-ring (bicyclic) bond motifs is 1. The summed E-state index contributed by atoms with van der Waals surface area (Å²) in [6.07, 6.45) is 3.56. The molecule has 8 nitrogen and oxygen atoms in total. The normalized spacial score (nSPS) is 24.0. The summed E-state index contributed by atoms with van der Waals surface area (Å²) < 4.78 is 1.66. The molecule has 160 valence electrons. The van der Waals surface area contributed by atoms with E-state index in [1.807, 2.05) is 57.2 Å². The molecule has 3 amide bonds. The van der Waals surface area contributed by atoms with Crippen molar-refractivity contribution >= 4 is 17.8 Å². The lowest BCUT2D eigenvalue weighted by Gasteiger charge is -2.40. The molecule has 2 aromatic rings. The van der Waals surface area contributed by atoms with Gasteiger partial charge in [0.2, 0.25) is 5.91 Å². The van der Waals surface area contributed by atoms with Crippen molar-refractivity contribution in [1.29, 1.82) is 0 Å². The molecule has 1 saturated heterocycles. The number of carbonyl (C=O) groups is 2. The lowest BCUT2D eigenvalue weighted by Crippen LogP contribution is -2.59. The highest BCUT2D eigenvalue weighted by molar-refractivity contribution is 5.89. The summed E-state index contributed by atoms with van der Waals surface area (Å²) in [7, 11) is 0. The summed E-state index contributed by atoms with van der Waals surface area (Å²) in [4.78, 5) is 25.2. The van der Waals surface area contributed by atoms with Crippen molar-refractivity contribution in [1.82, 2.24) is 25.7 Å². The maximum absolute atomic E-state index is 12.7. The highest BCUT2D eigenvalue weighted by Crippen LogP contribution is 2.30. The molecule has 1 aromatic carbocycles. The molecule has 1 aromatic heterocycles. The number of urea groups is 1. The summed E-state index contributed by atoms with van der Waals surface area (Å²) in [5.41, 5.74) is 1.29. The van der Waals surface area contributed by atoms with Crippen LogP contribution in [0.4, 0.5) is 10.6 Å². The van der Waals surface area contributed by atoms with E-state index < -0.39 is 6.29 Å². The topological polar surface area (TPSA) is 100 Å². The van der Waals surface area contributed by atoms with Gasteiger partial charge in [-0.3, -0.25) is 15.4 Å². The quantitative estimate of drug-likeness (QED) is 0.624. The van der Waals surface area contributed by atoms with Gasteiger partial charge in [-0.2, -0.15) is 5.10 Å². The minimum atomic E-state index is -0.515. The van der Waals surface area contributed by atoms with Crippen molar-refractivity contribution in [2.45, 2.75) is 64.3 Å². The molecule has 8 heteroatoms. The molecular weight excluding hydrogens is 380 g/mol. The summed E-state index contributed by atoms with van der Waals surface area (Å²) in [5.74, 6) is 0.563. The van der Waals surface area contributed by atoms with E-state index in [1.165, 1.54) is 0 Å². The number of hydrogen-bond donors (Lipinski definition) is 4. The van der Waals surface area contributed by atoms with Gasteiger partial charge in [0.25, 0.3) is 0 Å². The van der Waals surface area contributed by atoms with E-state index in [0.29, 0.717) is 5.82 Å². The monoisotopic (exact) mass is 410 g/mol. The van der Waals surface area contributed by atoms with Crippen LogP contribution in [0, 0.1) is 5.92 Å². The van der Waals surface area contributed by atoms with Gasteiger partial charge in [0, 0.05) is 23.2 Å². The van der Waals surface area contributed by atoms with Crippen LogP contribution in [0.25, 0.3) is 11.3 Å². The molecule has 4 N–H and O–H groups in total. The average molecular weight is 411 g/mol. The second-order valence-corrected chi connectivity index (χ2v) is 9.13. The van der Waals surface area contributed by atoms with Crippen LogP contribution in [0.15, 0.2) is 36.4 Å². The van der Waals surface area contributed by atoms with Gasteiger partial charge in [-0.1, -0.05) is 43.2 Å². The summed E-state index contributed by atoms with van der Waals surface area (Å²) in [5, 5.41) is 17.1. The first-order valence-corrected chi connectivity index (χ1v) is 10.6. The Labute approximate surface area is 176 Å². The Morgan fingerprint density at radius 1 is 1.17 bits per heavy atom. The smallest absolute Gasteiger partial charge is 0.320 e. The van der Waals surface area contributed by atoms with Gasteiger partial charge in [-0.05, 0) is 33.6 Å². The van der Waals surface area contributed by atoms with Crippen molar-refractivity contribution in [2.75, 3.05) is 5.32 Å². The lowest BCUT2D eigenvalue weighted by atomic mass is 9.83. The molecule has 3 unspecified atom stereocenters. The molecule has 1 aliphatic carbocycles. The van der Waals surface area contributed by atoms with Gasteiger partial charge in [0.05, 0.1) is 11.6 Å². The third-order valence-electron chi connectivity index (χ3n) is 5.53. The molecular formula is C22H30N6O2. The molecule has 0 radical (unpaired) electrons. The van der Waals surface area contributed by atoms with Crippen LogP contribution in [0.2, 0.25) is 0 Å². The second kappa shape index (κ2) is 8.10. The Bertz CT molecular complexity index is 917. The summed E-state index contributed by atoms with van der Waals surface area (Å²) in [6, 6.07) is 11.4. The predicted octanol–water partition coefficient (Wildman–Crippen LogP) is 3.20. The van der Waals surface area contributed by atoms with E-state index in [9.17, 15) is 9.59 Å². The summed E-state index contributed by atoms with van der Waals surface area (Å²) in [6.45, 7) is 5.77. The number of carbonyl (C=O) groups excluding carboxylic acids is 2. The molecule has 2 heterocycles. The van der Waals surface area contributed by atoms with Gasteiger partial charge in [0.1, 0.15) is 5.82 Å².